The zero-order chi connectivity index (χ0) is 16.1. The van der Waals surface area contributed by atoms with E-state index in [2.05, 4.69) is 42.6 Å². The van der Waals surface area contributed by atoms with E-state index in [9.17, 15) is 4.79 Å². The second kappa shape index (κ2) is 7.14. The molecular weight excluding hydrogens is 286 g/mol. The van der Waals surface area contributed by atoms with Crippen molar-refractivity contribution >= 4 is 27.6 Å². The second-order valence-electron chi connectivity index (χ2n) is 5.65. The summed E-state index contributed by atoms with van der Waals surface area (Å²) in [6.45, 7) is 3.03. The van der Waals surface area contributed by atoms with Gasteiger partial charge < -0.3 is 10.1 Å². The van der Waals surface area contributed by atoms with Crippen molar-refractivity contribution in [3.8, 4) is 0 Å². The first kappa shape index (κ1) is 15.3. The molecule has 1 N–H and O–H groups in total. The zero-order valence-corrected chi connectivity index (χ0v) is 13.3. The lowest BCUT2D eigenvalue weighted by Gasteiger charge is -2.12. The van der Waals surface area contributed by atoms with Gasteiger partial charge in [0.05, 0.1) is 0 Å². The number of nitrogens with one attached hydrogen (secondary N) is 1. The standard InChI is InChI=1S/C20H21NO2.H2/c1-2-3-12-21-20(22)23-14-19-17-10-6-4-8-15(17)13-16-9-5-7-11-18(16)19;/h4-11,13H,2-3,12,14H2,1H3,(H,21,22);1H. The van der Waals surface area contributed by atoms with E-state index in [0.717, 1.165) is 39.9 Å². The highest BCUT2D eigenvalue weighted by atomic mass is 16.5. The summed E-state index contributed by atoms with van der Waals surface area (Å²) in [6, 6.07) is 18.6. The molecule has 0 radical (unpaired) electrons. The van der Waals surface area contributed by atoms with Crippen molar-refractivity contribution in [3.63, 3.8) is 0 Å². The van der Waals surface area contributed by atoms with Crippen molar-refractivity contribution in [1.82, 2.24) is 5.32 Å². The van der Waals surface area contributed by atoms with E-state index in [0.29, 0.717) is 6.54 Å². The summed E-state index contributed by atoms with van der Waals surface area (Å²) in [5.74, 6) is 0. The van der Waals surface area contributed by atoms with E-state index in [4.69, 9.17) is 4.74 Å². The average molecular weight is 309 g/mol. The van der Waals surface area contributed by atoms with Gasteiger partial charge in [0.15, 0.2) is 0 Å². The third-order valence-electron chi connectivity index (χ3n) is 4.03. The molecule has 0 aliphatic carbocycles. The molecule has 0 aliphatic heterocycles. The molecule has 3 aromatic rings. The maximum atomic E-state index is 11.8. The van der Waals surface area contributed by atoms with Crippen molar-refractivity contribution < 1.29 is 11.0 Å². The van der Waals surface area contributed by atoms with E-state index in [1.807, 2.05) is 24.3 Å². The number of unbranched alkanes of at least 4 members (excludes halogenated alkanes) is 1. The summed E-state index contributed by atoms with van der Waals surface area (Å²) in [7, 11) is 0. The molecule has 0 spiro atoms. The molecule has 23 heavy (non-hydrogen) atoms. The molecule has 1 amide bonds. The highest BCUT2D eigenvalue weighted by Gasteiger charge is 2.09. The van der Waals surface area contributed by atoms with Gasteiger partial charge >= 0.3 is 6.09 Å². The Morgan fingerprint density at radius 1 is 1.04 bits per heavy atom. The van der Waals surface area contributed by atoms with Crippen LogP contribution in [-0.4, -0.2) is 12.6 Å². The lowest BCUT2D eigenvalue weighted by atomic mass is 9.97. The summed E-state index contributed by atoms with van der Waals surface area (Å²) in [5, 5.41) is 7.38. The van der Waals surface area contributed by atoms with Crippen LogP contribution in [0, 0.1) is 0 Å². The van der Waals surface area contributed by atoms with Crippen LogP contribution < -0.4 is 5.32 Å². The predicted molar refractivity (Wildman–Crippen MR) is 96.7 cm³/mol. The van der Waals surface area contributed by atoms with Crippen LogP contribution in [0.25, 0.3) is 21.5 Å². The molecule has 0 saturated heterocycles. The van der Waals surface area contributed by atoms with Gasteiger partial charge in [0.25, 0.3) is 0 Å². The molecule has 3 heteroatoms. The molecule has 3 aromatic carbocycles. The van der Waals surface area contributed by atoms with Gasteiger partial charge in [0.2, 0.25) is 0 Å². The molecular formula is C20H23NO2. The molecule has 0 fully saturated rings. The number of hydrogen-bond acceptors (Lipinski definition) is 2. The fraction of sp³-hybridized carbons (Fsp3) is 0.250. The molecule has 0 bridgehead atoms. The number of carbonyl (C=O) groups excluding carboxylic acids is 1. The van der Waals surface area contributed by atoms with E-state index in [1.165, 1.54) is 0 Å². The Morgan fingerprint density at radius 2 is 1.65 bits per heavy atom. The average Bonchev–Trinajstić information content (AvgIpc) is 2.59. The Labute approximate surface area is 137 Å². The Morgan fingerprint density at radius 3 is 2.26 bits per heavy atom. The minimum atomic E-state index is -0.351. The van der Waals surface area contributed by atoms with Crippen molar-refractivity contribution in [2.45, 2.75) is 26.4 Å². The number of fused-ring (bicyclic) bond motifs is 2. The van der Waals surface area contributed by atoms with Crippen LogP contribution in [0.15, 0.2) is 54.6 Å². The van der Waals surface area contributed by atoms with Gasteiger partial charge in [-0.3, -0.25) is 0 Å². The first-order valence-electron chi connectivity index (χ1n) is 8.09. The summed E-state index contributed by atoms with van der Waals surface area (Å²) in [6.07, 6.45) is 1.66. The Kier molecular flexibility index (Phi) is 4.77. The van der Waals surface area contributed by atoms with Gasteiger partial charge in [-0.15, -0.1) is 0 Å². The molecule has 0 saturated carbocycles. The van der Waals surface area contributed by atoms with Gasteiger partial charge in [-0.25, -0.2) is 4.79 Å². The van der Waals surface area contributed by atoms with Gasteiger partial charge in [0, 0.05) is 13.5 Å². The van der Waals surface area contributed by atoms with Crippen LogP contribution in [0.5, 0.6) is 0 Å². The number of carbonyl (C=O) groups is 1. The number of amides is 1. The first-order chi connectivity index (χ1) is 11.3. The molecule has 0 aliphatic rings. The SMILES string of the molecule is CCCCNC(=O)OCc1c2ccccc2cc2ccccc12.[HH]. The third kappa shape index (κ3) is 3.45. The molecule has 0 unspecified atom stereocenters. The summed E-state index contributed by atoms with van der Waals surface area (Å²) >= 11 is 0. The normalized spacial score (nSPS) is 10.8. The van der Waals surface area contributed by atoms with E-state index in [-0.39, 0.29) is 14.1 Å². The van der Waals surface area contributed by atoms with Crippen LogP contribution >= 0.6 is 0 Å². The van der Waals surface area contributed by atoms with Crippen LogP contribution in [-0.2, 0) is 11.3 Å². The number of benzene rings is 3. The van der Waals surface area contributed by atoms with Crippen LogP contribution in [0.4, 0.5) is 4.79 Å². The number of ether oxygens (including phenoxy) is 1. The smallest absolute Gasteiger partial charge is 0.407 e. The van der Waals surface area contributed by atoms with Gasteiger partial charge in [0.1, 0.15) is 6.61 Å². The van der Waals surface area contributed by atoms with Crippen molar-refractivity contribution in [2.75, 3.05) is 6.54 Å². The van der Waals surface area contributed by atoms with E-state index >= 15 is 0 Å². The maximum absolute atomic E-state index is 11.8. The summed E-state index contributed by atoms with van der Waals surface area (Å²) < 4.78 is 5.44. The largest absolute Gasteiger partial charge is 0.445 e. The fourth-order valence-corrected chi connectivity index (χ4v) is 2.82. The Bertz CT molecular complexity index is 778. The van der Waals surface area contributed by atoms with Gasteiger partial charge in [-0.1, -0.05) is 61.9 Å². The quantitative estimate of drug-likeness (QED) is 0.515. The minimum Gasteiger partial charge on any atom is -0.445 e. The van der Waals surface area contributed by atoms with E-state index < -0.39 is 0 Å². The van der Waals surface area contributed by atoms with Crippen LogP contribution in [0.3, 0.4) is 0 Å². The van der Waals surface area contributed by atoms with Crippen LogP contribution in [0.2, 0.25) is 0 Å². The summed E-state index contributed by atoms with van der Waals surface area (Å²) in [5.41, 5.74) is 1.06. The zero-order valence-electron chi connectivity index (χ0n) is 13.3. The second-order valence-corrected chi connectivity index (χ2v) is 5.65. The van der Waals surface area contributed by atoms with E-state index in [1.54, 1.807) is 0 Å². The minimum absolute atomic E-state index is 0. The predicted octanol–water partition coefficient (Wildman–Crippen LogP) is 5.27. The van der Waals surface area contributed by atoms with Gasteiger partial charge in [-0.05, 0) is 34.0 Å². The Hall–Kier alpha value is -2.55. The number of hydrogen-bond donors (Lipinski definition) is 1. The van der Waals surface area contributed by atoms with Crippen molar-refractivity contribution in [2.24, 2.45) is 0 Å². The monoisotopic (exact) mass is 309 g/mol. The molecule has 0 aromatic heterocycles. The van der Waals surface area contributed by atoms with Gasteiger partial charge in [-0.2, -0.15) is 0 Å². The number of rotatable bonds is 5. The van der Waals surface area contributed by atoms with Crippen molar-refractivity contribution in [1.29, 1.82) is 0 Å². The first-order valence-corrected chi connectivity index (χ1v) is 8.09. The lowest BCUT2D eigenvalue weighted by Crippen LogP contribution is -2.25. The molecule has 120 valence electrons. The maximum Gasteiger partial charge on any atom is 0.407 e. The third-order valence-corrected chi connectivity index (χ3v) is 4.03. The lowest BCUT2D eigenvalue weighted by molar-refractivity contribution is 0.140. The molecule has 0 atom stereocenters. The number of alkyl carbamates (subject to hydrolysis) is 1. The summed E-state index contributed by atoms with van der Waals surface area (Å²) in [4.78, 5) is 11.8. The van der Waals surface area contributed by atoms with Crippen LogP contribution in [0.1, 0.15) is 26.8 Å². The Balaban J connectivity index is 0.00000208. The van der Waals surface area contributed by atoms with Crippen molar-refractivity contribution in [3.05, 3.63) is 60.2 Å². The molecule has 3 rings (SSSR count). The molecule has 0 heterocycles. The highest BCUT2D eigenvalue weighted by molar-refractivity contribution is 6.02. The topological polar surface area (TPSA) is 38.3 Å². The fourth-order valence-electron chi connectivity index (χ4n) is 2.82. The highest BCUT2D eigenvalue weighted by Crippen LogP contribution is 2.28. The molecule has 3 nitrogen and oxygen atoms in total.